The van der Waals surface area contributed by atoms with Crippen molar-refractivity contribution in [2.75, 3.05) is 7.11 Å². The standard InChI is InChI=1S/C20H23NO3/c1-14(2)17-8-4-15(5-9-17)7-11-20(23)21-13-16-6-10-18(22)19(12-16)24-3/h4-12,14,22H,13H2,1-3H3,(H,21,23)/b11-7+. The molecule has 0 unspecified atom stereocenters. The molecule has 0 atom stereocenters. The lowest BCUT2D eigenvalue weighted by molar-refractivity contribution is -0.116. The largest absolute Gasteiger partial charge is 0.504 e. The van der Waals surface area contributed by atoms with Gasteiger partial charge in [0.2, 0.25) is 5.91 Å². The third-order valence-corrected chi connectivity index (χ3v) is 3.74. The lowest BCUT2D eigenvalue weighted by Gasteiger charge is -2.07. The van der Waals surface area contributed by atoms with Crippen LogP contribution in [0.25, 0.3) is 6.08 Å². The molecular formula is C20H23NO3. The molecule has 0 spiro atoms. The number of carbonyl (C=O) groups excluding carboxylic acids is 1. The fraction of sp³-hybridized carbons (Fsp3) is 0.250. The molecule has 0 aliphatic heterocycles. The van der Waals surface area contributed by atoms with E-state index in [1.54, 1.807) is 24.3 Å². The number of methoxy groups -OCH3 is 1. The summed E-state index contributed by atoms with van der Waals surface area (Å²) in [4.78, 5) is 11.9. The zero-order chi connectivity index (χ0) is 17.5. The Labute approximate surface area is 142 Å². The van der Waals surface area contributed by atoms with Gasteiger partial charge in [-0.2, -0.15) is 0 Å². The third kappa shape index (κ3) is 4.88. The van der Waals surface area contributed by atoms with Crippen molar-refractivity contribution >= 4 is 12.0 Å². The normalized spacial score (nSPS) is 11.0. The highest BCUT2D eigenvalue weighted by atomic mass is 16.5. The minimum absolute atomic E-state index is 0.0808. The molecule has 126 valence electrons. The first-order chi connectivity index (χ1) is 11.5. The average molecular weight is 325 g/mol. The molecule has 2 N–H and O–H groups in total. The van der Waals surface area contributed by atoms with Crippen LogP contribution in [-0.2, 0) is 11.3 Å². The molecular weight excluding hydrogens is 302 g/mol. The number of aromatic hydroxyl groups is 1. The topological polar surface area (TPSA) is 58.6 Å². The van der Waals surface area contributed by atoms with E-state index in [1.807, 2.05) is 12.1 Å². The van der Waals surface area contributed by atoms with Crippen LogP contribution < -0.4 is 10.1 Å². The van der Waals surface area contributed by atoms with Gasteiger partial charge in [0.1, 0.15) is 0 Å². The molecule has 0 aliphatic rings. The van der Waals surface area contributed by atoms with Crippen LogP contribution in [-0.4, -0.2) is 18.1 Å². The second kappa shape index (κ2) is 8.20. The number of phenols is 1. The van der Waals surface area contributed by atoms with Gasteiger partial charge in [0.15, 0.2) is 11.5 Å². The van der Waals surface area contributed by atoms with Crippen molar-refractivity contribution in [2.45, 2.75) is 26.3 Å². The van der Waals surface area contributed by atoms with E-state index in [2.05, 4.69) is 31.3 Å². The van der Waals surface area contributed by atoms with Gasteiger partial charge in [-0.05, 0) is 40.8 Å². The highest BCUT2D eigenvalue weighted by Crippen LogP contribution is 2.26. The third-order valence-electron chi connectivity index (χ3n) is 3.74. The summed E-state index contributed by atoms with van der Waals surface area (Å²) in [5.41, 5.74) is 3.12. The predicted molar refractivity (Wildman–Crippen MR) is 96.1 cm³/mol. The summed E-state index contributed by atoms with van der Waals surface area (Å²) in [6.45, 7) is 4.67. The second-order valence-electron chi connectivity index (χ2n) is 5.88. The Hall–Kier alpha value is -2.75. The SMILES string of the molecule is COc1cc(CNC(=O)/C=C/c2ccc(C(C)C)cc2)ccc1O. The van der Waals surface area contributed by atoms with E-state index in [-0.39, 0.29) is 11.7 Å². The van der Waals surface area contributed by atoms with Gasteiger partial charge in [0.05, 0.1) is 7.11 Å². The highest BCUT2D eigenvalue weighted by Gasteiger charge is 2.03. The van der Waals surface area contributed by atoms with Gasteiger partial charge in [-0.1, -0.05) is 44.2 Å². The van der Waals surface area contributed by atoms with E-state index in [9.17, 15) is 9.90 Å². The van der Waals surface area contributed by atoms with Crippen molar-refractivity contribution in [3.05, 3.63) is 65.2 Å². The number of ether oxygens (including phenoxy) is 1. The van der Waals surface area contributed by atoms with Crippen LogP contribution in [0.15, 0.2) is 48.5 Å². The van der Waals surface area contributed by atoms with Crippen molar-refractivity contribution in [3.8, 4) is 11.5 Å². The zero-order valence-corrected chi connectivity index (χ0v) is 14.2. The highest BCUT2D eigenvalue weighted by molar-refractivity contribution is 5.91. The Morgan fingerprint density at radius 1 is 1.21 bits per heavy atom. The molecule has 2 aromatic carbocycles. The van der Waals surface area contributed by atoms with Crippen molar-refractivity contribution in [1.29, 1.82) is 0 Å². The van der Waals surface area contributed by atoms with Gasteiger partial charge in [-0.15, -0.1) is 0 Å². The van der Waals surface area contributed by atoms with E-state index >= 15 is 0 Å². The molecule has 0 aliphatic carbocycles. The smallest absolute Gasteiger partial charge is 0.244 e. The van der Waals surface area contributed by atoms with Gasteiger partial charge in [-0.3, -0.25) is 4.79 Å². The van der Waals surface area contributed by atoms with Crippen molar-refractivity contribution in [3.63, 3.8) is 0 Å². The van der Waals surface area contributed by atoms with Crippen LogP contribution in [0.3, 0.4) is 0 Å². The maximum atomic E-state index is 11.9. The van der Waals surface area contributed by atoms with Gasteiger partial charge in [0, 0.05) is 12.6 Å². The minimum Gasteiger partial charge on any atom is -0.504 e. The van der Waals surface area contributed by atoms with Gasteiger partial charge < -0.3 is 15.2 Å². The van der Waals surface area contributed by atoms with E-state index in [1.165, 1.54) is 18.7 Å². The summed E-state index contributed by atoms with van der Waals surface area (Å²) in [6, 6.07) is 13.1. The number of carbonyl (C=O) groups is 1. The zero-order valence-electron chi connectivity index (χ0n) is 14.2. The molecule has 0 aromatic heterocycles. The molecule has 4 nitrogen and oxygen atoms in total. The van der Waals surface area contributed by atoms with E-state index in [0.29, 0.717) is 18.2 Å². The summed E-state index contributed by atoms with van der Waals surface area (Å²) in [5, 5.41) is 12.4. The van der Waals surface area contributed by atoms with Crippen LogP contribution in [0, 0.1) is 0 Å². The molecule has 0 saturated heterocycles. The molecule has 0 heterocycles. The lowest BCUT2D eigenvalue weighted by atomic mass is 10.0. The maximum absolute atomic E-state index is 11.9. The second-order valence-corrected chi connectivity index (χ2v) is 5.88. The van der Waals surface area contributed by atoms with Crippen molar-refractivity contribution < 1.29 is 14.6 Å². The molecule has 0 bridgehead atoms. The number of phenolic OH excluding ortho intramolecular Hbond substituents is 1. The summed E-state index contributed by atoms with van der Waals surface area (Å²) in [7, 11) is 1.49. The number of rotatable bonds is 6. The van der Waals surface area contributed by atoms with Crippen LogP contribution in [0.1, 0.15) is 36.5 Å². The number of hydrogen-bond donors (Lipinski definition) is 2. The van der Waals surface area contributed by atoms with Crippen LogP contribution in [0.2, 0.25) is 0 Å². The number of hydrogen-bond acceptors (Lipinski definition) is 3. The number of amides is 1. The van der Waals surface area contributed by atoms with Crippen LogP contribution in [0.5, 0.6) is 11.5 Å². The fourth-order valence-electron chi connectivity index (χ4n) is 2.24. The van der Waals surface area contributed by atoms with E-state index in [0.717, 1.165) is 11.1 Å². The first kappa shape index (κ1) is 17.6. The van der Waals surface area contributed by atoms with Gasteiger partial charge >= 0.3 is 0 Å². The molecule has 2 aromatic rings. The molecule has 4 heteroatoms. The molecule has 1 amide bonds. The summed E-state index contributed by atoms with van der Waals surface area (Å²) < 4.78 is 5.05. The Morgan fingerprint density at radius 2 is 1.92 bits per heavy atom. The molecule has 2 rings (SSSR count). The molecule has 0 saturated carbocycles. The van der Waals surface area contributed by atoms with E-state index in [4.69, 9.17) is 4.74 Å². The Balaban J connectivity index is 1.91. The van der Waals surface area contributed by atoms with Crippen LogP contribution >= 0.6 is 0 Å². The quantitative estimate of drug-likeness (QED) is 0.793. The number of nitrogens with one attached hydrogen (secondary N) is 1. The summed E-state index contributed by atoms with van der Waals surface area (Å²) >= 11 is 0. The molecule has 24 heavy (non-hydrogen) atoms. The fourth-order valence-corrected chi connectivity index (χ4v) is 2.24. The number of benzene rings is 2. The van der Waals surface area contributed by atoms with Crippen LogP contribution in [0.4, 0.5) is 0 Å². The average Bonchev–Trinajstić information content (AvgIpc) is 2.59. The minimum atomic E-state index is -0.171. The van der Waals surface area contributed by atoms with Gasteiger partial charge in [0.25, 0.3) is 0 Å². The first-order valence-corrected chi connectivity index (χ1v) is 7.91. The summed E-state index contributed by atoms with van der Waals surface area (Å²) in [5.74, 6) is 0.795. The lowest BCUT2D eigenvalue weighted by Crippen LogP contribution is -2.20. The predicted octanol–water partition coefficient (Wildman–Crippen LogP) is 3.85. The monoisotopic (exact) mass is 325 g/mol. The molecule has 0 radical (unpaired) electrons. The Morgan fingerprint density at radius 3 is 2.54 bits per heavy atom. The Bertz CT molecular complexity index is 718. The summed E-state index contributed by atoms with van der Waals surface area (Å²) in [6.07, 6.45) is 3.30. The Kier molecular flexibility index (Phi) is 6.01. The van der Waals surface area contributed by atoms with Gasteiger partial charge in [-0.25, -0.2) is 0 Å². The van der Waals surface area contributed by atoms with Crippen molar-refractivity contribution in [2.24, 2.45) is 0 Å². The van der Waals surface area contributed by atoms with E-state index < -0.39 is 0 Å². The maximum Gasteiger partial charge on any atom is 0.244 e. The molecule has 0 fully saturated rings. The van der Waals surface area contributed by atoms with Crippen molar-refractivity contribution in [1.82, 2.24) is 5.32 Å². The first-order valence-electron chi connectivity index (χ1n) is 7.91.